The molecule has 0 bridgehead atoms. The van der Waals surface area contributed by atoms with Crippen LogP contribution in [-0.2, 0) is 9.53 Å². The highest BCUT2D eigenvalue weighted by atomic mass is 19.4. The molecule has 1 fully saturated rings. The molecule has 1 aliphatic rings. The first-order valence-electron chi connectivity index (χ1n) is 8.49. The van der Waals surface area contributed by atoms with Crippen molar-refractivity contribution in [3.63, 3.8) is 0 Å². The molecule has 0 spiro atoms. The van der Waals surface area contributed by atoms with Crippen LogP contribution in [0.4, 0.5) is 52.7 Å². The zero-order valence-electron chi connectivity index (χ0n) is 15.8. The fourth-order valence-electron chi connectivity index (χ4n) is 3.13. The topological polar surface area (TPSA) is 66.8 Å². The Hall–Kier alpha value is -1.71. The SMILES string of the molecule is C=C(C)C(=O)OC1CC(C(F)(F)C(O)(F)C(F)(F)F)CC(C(F)(F)C(O)(F)C(F)(F)F)C1. The molecule has 16 heteroatoms. The number of hydrogen-bond acceptors (Lipinski definition) is 4. The minimum absolute atomic E-state index is 0.489. The molecule has 0 aliphatic heterocycles. The molecule has 1 saturated carbocycles. The van der Waals surface area contributed by atoms with Gasteiger partial charge in [-0.15, -0.1) is 0 Å². The summed E-state index contributed by atoms with van der Waals surface area (Å²) in [5.74, 6) is -32.7. The summed E-state index contributed by atoms with van der Waals surface area (Å²) in [5.41, 5.74) is -0.489. The summed E-state index contributed by atoms with van der Waals surface area (Å²) in [6.07, 6.45) is -20.8. The van der Waals surface area contributed by atoms with Crippen LogP contribution in [0.3, 0.4) is 0 Å². The second kappa shape index (κ2) is 8.25. The van der Waals surface area contributed by atoms with Gasteiger partial charge < -0.3 is 14.9 Å². The van der Waals surface area contributed by atoms with Crippen molar-refractivity contribution in [2.45, 2.75) is 68.2 Å². The van der Waals surface area contributed by atoms with Gasteiger partial charge in [-0.05, 0) is 26.2 Å². The molecule has 32 heavy (non-hydrogen) atoms. The molecular weight excluding hydrogens is 484 g/mol. The van der Waals surface area contributed by atoms with Crippen LogP contribution in [-0.4, -0.2) is 58.2 Å². The van der Waals surface area contributed by atoms with Crippen molar-refractivity contribution in [3.05, 3.63) is 12.2 Å². The van der Waals surface area contributed by atoms with Crippen molar-refractivity contribution in [2.75, 3.05) is 0 Å². The second-order valence-electron chi connectivity index (χ2n) is 7.39. The minimum Gasteiger partial charge on any atom is -0.459 e. The molecule has 2 N–H and O–H groups in total. The normalized spacial score (nSPS) is 27.3. The molecule has 1 rings (SSSR count). The summed E-state index contributed by atoms with van der Waals surface area (Å²) in [5, 5.41) is 17.4. The minimum atomic E-state index is -6.68. The molecule has 0 aromatic heterocycles. The predicted molar refractivity (Wildman–Crippen MR) is 79.6 cm³/mol. The number of halogens is 12. The van der Waals surface area contributed by atoms with E-state index in [1.807, 2.05) is 0 Å². The number of alkyl halides is 12. The number of carbonyl (C=O) groups excluding carboxylic acids is 1. The second-order valence-corrected chi connectivity index (χ2v) is 7.39. The third kappa shape index (κ3) is 4.79. The van der Waals surface area contributed by atoms with Crippen molar-refractivity contribution in [1.82, 2.24) is 0 Å². The fourth-order valence-corrected chi connectivity index (χ4v) is 3.13. The van der Waals surface area contributed by atoms with E-state index in [0.717, 1.165) is 6.92 Å². The molecule has 4 nitrogen and oxygen atoms in total. The molecule has 0 radical (unpaired) electrons. The smallest absolute Gasteiger partial charge is 0.454 e. The maximum Gasteiger partial charge on any atom is 0.454 e. The van der Waals surface area contributed by atoms with Gasteiger partial charge in [-0.25, -0.2) is 4.79 Å². The van der Waals surface area contributed by atoms with E-state index in [1.165, 1.54) is 0 Å². The van der Waals surface area contributed by atoms with E-state index in [1.54, 1.807) is 0 Å². The van der Waals surface area contributed by atoms with Crippen LogP contribution in [0.5, 0.6) is 0 Å². The van der Waals surface area contributed by atoms with Crippen molar-refractivity contribution < 1.29 is 72.4 Å². The van der Waals surface area contributed by atoms with E-state index in [9.17, 15) is 57.5 Å². The molecule has 0 saturated heterocycles. The highest BCUT2D eigenvalue weighted by Gasteiger charge is 2.77. The van der Waals surface area contributed by atoms with Gasteiger partial charge >= 0.3 is 41.9 Å². The molecule has 0 aromatic carbocycles. The lowest BCUT2D eigenvalue weighted by molar-refractivity contribution is -0.409. The van der Waals surface area contributed by atoms with Gasteiger partial charge in [0.1, 0.15) is 6.10 Å². The van der Waals surface area contributed by atoms with Crippen LogP contribution in [0.15, 0.2) is 12.2 Å². The van der Waals surface area contributed by atoms with Crippen LogP contribution in [0.25, 0.3) is 0 Å². The fraction of sp³-hybridized carbons (Fsp3) is 0.812. The zero-order valence-corrected chi connectivity index (χ0v) is 15.8. The van der Waals surface area contributed by atoms with E-state index in [4.69, 9.17) is 10.2 Å². The number of esters is 1. The van der Waals surface area contributed by atoms with Gasteiger partial charge in [-0.3, -0.25) is 0 Å². The third-order valence-electron chi connectivity index (χ3n) is 4.95. The van der Waals surface area contributed by atoms with E-state index >= 15 is 0 Å². The lowest BCUT2D eigenvalue weighted by Gasteiger charge is -2.45. The zero-order chi connectivity index (χ0) is 25.7. The Labute approximate surface area is 171 Å². The molecule has 0 aromatic rings. The first-order valence-corrected chi connectivity index (χ1v) is 8.49. The number of carbonyl (C=O) groups is 1. The Balaban J connectivity index is 3.49. The molecule has 188 valence electrons. The van der Waals surface area contributed by atoms with E-state index in [2.05, 4.69) is 11.3 Å². The van der Waals surface area contributed by atoms with Gasteiger partial charge in [-0.2, -0.15) is 52.7 Å². The molecular formula is C16H16F12O4. The Kier molecular flexibility index (Phi) is 7.31. The number of hydrogen-bond donors (Lipinski definition) is 2. The summed E-state index contributed by atoms with van der Waals surface area (Å²) >= 11 is 0. The standard InChI is InChI=1S/C16H16F12O4/c1-6(2)10(29)32-9-4-7(11(17,18)13(21,30)15(23,24)25)3-8(5-9)12(19,20)14(22,31)16(26,27)28/h7-9,30-31H,1,3-5H2,2H3. The summed E-state index contributed by atoms with van der Waals surface area (Å²) in [4.78, 5) is 11.5. The van der Waals surface area contributed by atoms with Crippen LogP contribution in [0.1, 0.15) is 26.2 Å². The van der Waals surface area contributed by atoms with Crippen molar-refractivity contribution in [2.24, 2.45) is 11.8 Å². The molecule has 4 atom stereocenters. The van der Waals surface area contributed by atoms with Crippen molar-refractivity contribution >= 4 is 5.97 Å². The van der Waals surface area contributed by atoms with Gasteiger partial charge in [0.15, 0.2) is 0 Å². The van der Waals surface area contributed by atoms with Crippen LogP contribution in [0, 0.1) is 11.8 Å². The van der Waals surface area contributed by atoms with Gasteiger partial charge in [0.2, 0.25) is 0 Å². The maximum atomic E-state index is 14.2. The van der Waals surface area contributed by atoms with Crippen molar-refractivity contribution in [1.29, 1.82) is 0 Å². The molecule has 4 unspecified atom stereocenters. The van der Waals surface area contributed by atoms with Gasteiger partial charge in [0.05, 0.1) is 0 Å². The average molecular weight is 500 g/mol. The molecule has 0 amide bonds. The Morgan fingerprint density at radius 3 is 1.31 bits per heavy atom. The number of aliphatic hydroxyl groups is 2. The third-order valence-corrected chi connectivity index (χ3v) is 4.95. The highest BCUT2D eigenvalue weighted by Crippen LogP contribution is 2.56. The Bertz CT molecular complexity index is 680. The Morgan fingerprint density at radius 1 is 0.750 bits per heavy atom. The molecule has 1 aliphatic carbocycles. The maximum absolute atomic E-state index is 14.2. The monoisotopic (exact) mass is 500 g/mol. The predicted octanol–water partition coefficient (Wildman–Crippen LogP) is 4.60. The summed E-state index contributed by atoms with van der Waals surface area (Å²) < 4.78 is 164. The van der Waals surface area contributed by atoms with Gasteiger partial charge in [0, 0.05) is 17.4 Å². The lowest BCUT2D eigenvalue weighted by atomic mass is 9.71. The van der Waals surface area contributed by atoms with Crippen molar-refractivity contribution in [3.8, 4) is 0 Å². The van der Waals surface area contributed by atoms with Gasteiger partial charge in [0.25, 0.3) is 0 Å². The van der Waals surface area contributed by atoms with E-state index in [-0.39, 0.29) is 0 Å². The number of rotatable bonds is 6. The summed E-state index contributed by atoms with van der Waals surface area (Å²) in [6.45, 7) is 3.99. The lowest BCUT2D eigenvalue weighted by Crippen LogP contribution is -2.63. The highest BCUT2D eigenvalue weighted by molar-refractivity contribution is 5.87. The quantitative estimate of drug-likeness (QED) is 0.318. The number of ether oxygens (including phenoxy) is 1. The largest absolute Gasteiger partial charge is 0.459 e. The first kappa shape index (κ1) is 28.3. The summed E-state index contributed by atoms with van der Waals surface area (Å²) in [6, 6.07) is 0. The van der Waals surface area contributed by atoms with E-state index in [0.29, 0.717) is 0 Å². The van der Waals surface area contributed by atoms with Gasteiger partial charge in [-0.1, -0.05) is 6.58 Å². The molecule has 0 heterocycles. The van der Waals surface area contributed by atoms with Crippen LogP contribution < -0.4 is 0 Å². The Morgan fingerprint density at radius 2 is 1.06 bits per heavy atom. The first-order chi connectivity index (χ1) is 13.9. The average Bonchev–Trinajstić information content (AvgIpc) is 2.58. The van der Waals surface area contributed by atoms with Crippen LogP contribution >= 0.6 is 0 Å². The van der Waals surface area contributed by atoms with E-state index < -0.39 is 84.7 Å². The summed E-state index contributed by atoms with van der Waals surface area (Å²) in [7, 11) is 0. The van der Waals surface area contributed by atoms with Crippen LogP contribution in [0.2, 0.25) is 0 Å².